The number of carbonyl (C=O) groups is 1. The zero-order chi connectivity index (χ0) is 22.7. The van der Waals surface area contributed by atoms with Crippen LogP contribution in [0.3, 0.4) is 0 Å². The SMILES string of the molecule is Cc1ccc(C2=N/C(=C\c3ccc(OCc4cccc(I)c4)cc3)C(=O)O2)cc1[N+](=O)[O-]. The molecule has 3 aromatic rings. The lowest BCUT2D eigenvalue weighted by Crippen LogP contribution is -2.06. The summed E-state index contributed by atoms with van der Waals surface area (Å²) < 4.78 is 12.2. The molecule has 0 spiro atoms. The Balaban J connectivity index is 1.48. The van der Waals surface area contributed by atoms with Gasteiger partial charge in [0, 0.05) is 20.8 Å². The van der Waals surface area contributed by atoms with Crippen molar-refractivity contribution in [2.45, 2.75) is 13.5 Å². The first kappa shape index (κ1) is 21.7. The van der Waals surface area contributed by atoms with E-state index in [1.165, 1.54) is 6.07 Å². The van der Waals surface area contributed by atoms with Crippen molar-refractivity contribution in [3.63, 3.8) is 0 Å². The minimum Gasteiger partial charge on any atom is -0.489 e. The third-order valence-corrected chi connectivity index (χ3v) is 5.42. The van der Waals surface area contributed by atoms with Crippen LogP contribution < -0.4 is 4.74 Å². The van der Waals surface area contributed by atoms with Crippen LogP contribution in [0.2, 0.25) is 0 Å². The monoisotopic (exact) mass is 540 g/mol. The molecule has 3 aromatic carbocycles. The zero-order valence-corrected chi connectivity index (χ0v) is 19.1. The Bertz CT molecular complexity index is 1270. The summed E-state index contributed by atoms with van der Waals surface area (Å²) in [6, 6.07) is 19.9. The number of cyclic esters (lactones) is 1. The highest BCUT2D eigenvalue weighted by Gasteiger charge is 2.25. The highest BCUT2D eigenvalue weighted by molar-refractivity contribution is 14.1. The number of aliphatic imine (C=N–C) groups is 1. The van der Waals surface area contributed by atoms with Crippen molar-refractivity contribution in [1.29, 1.82) is 0 Å². The molecule has 8 heteroatoms. The minimum atomic E-state index is -0.609. The fourth-order valence-corrected chi connectivity index (χ4v) is 3.69. The number of nitro groups is 1. The fourth-order valence-electron chi connectivity index (χ4n) is 3.08. The van der Waals surface area contributed by atoms with E-state index in [9.17, 15) is 14.9 Å². The number of esters is 1. The van der Waals surface area contributed by atoms with Gasteiger partial charge in [-0.05, 0) is 77.0 Å². The Kier molecular flexibility index (Phi) is 6.31. The van der Waals surface area contributed by atoms with Crippen LogP contribution in [0.15, 0.2) is 77.4 Å². The first-order chi connectivity index (χ1) is 15.4. The van der Waals surface area contributed by atoms with E-state index in [1.54, 1.807) is 25.1 Å². The maximum atomic E-state index is 12.2. The number of ether oxygens (including phenoxy) is 2. The van der Waals surface area contributed by atoms with Crippen molar-refractivity contribution in [3.05, 3.63) is 108 Å². The number of aryl methyl sites for hydroxylation is 1. The molecule has 0 bridgehead atoms. The van der Waals surface area contributed by atoms with E-state index in [0.717, 1.165) is 14.7 Å². The van der Waals surface area contributed by atoms with Crippen molar-refractivity contribution in [1.82, 2.24) is 0 Å². The molecule has 1 aliphatic heterocycles. The summed E-state index contributed by atoms with van der Waals surface area (Å²) in [5, 5.41) is 11.2. The van der Waals surface area contributed by atoms with Gasteiger partial charge in [0.15, 0.2) is 5.70 Å². The Morgan fingerprint density at radius 1 is 1.12 bits per heavy atom. The Morgan fingerprint density at radius 2 is 1.91 bits per heavy atom. The minimum absolute atomic E-state index is 0.0433. The number of benzene rings is 3. The molecule has 0 fully saturated rings. The average molecular weight is 540 g/mol. The maximum Gasteiger partial charge on any atom is 0.363 e. The van der Waals surface area contributed by atoms with Gasteiger partial charge in [0.25, 0.3) is 5.69 Å². The molecular formula is C24H17IN2O5. The number of nitro benzene ring substituents is 1. The predicted octanol–water partition coefficient (Wildman–Crippen LogP) is 5.43. The first-order valence-corrected chi connectivity index (χ1v) is 10.7. The molecular weight excluding hydrogens is 523 g/mol. The lowest BCUT2D eigenvalue weighted by atomic mass is 10.1. The highest BCUT2D eigenvalue weighted by Crippen LogP contribution is 2.24. The largest absolute Gasteiger partial charge is 0.489 e. The van der Waals surface area contributed by atoms with Gasteiger partial charge in [-0.3, -0.25) is 10.1 Å². The summed E-state index contributed by atoms with van der Waals surface area (Å²) in [7, 11) is 0. The van der Waals surface area contributed by atoms with E-state index in [2.05, 4.69) is 33.6 Å². The molecule has 1 aliphatic rings. The summed E-state index contributed by atoms with van der Waals surface area (Å²) in [5.74, 6) is 0.139. The van der Waals surface area contributed by atoms with Crippen LogP contribution in [0.1, 0.15) is 22.3 Å². The Morgan fingerprint density at radius 3 is 2.62 bits per heavy atom. The summed E-state index contributed by atoms with van der Waals surface area (Å²) >= 11 is 2.26. The second-order valence-corrected chi connectivity index (χ2v) is 8.33. The van der Waals surface area contributed by atoms with Crippen LogP contribution in [0.25, 0.3) is 6.08 Å². The summed E-state index contributed by atoms with van der Waals surface area (Å²) in [6.45, 7) is 2.10. The van der Waals surface area contributed by atoms with E-state index >= 15 is 0 Å². The molecule has 0 amide bonds. The maximum absolute atomic E-state index is 12.2. The van der Waals surface area contributed by atoms with Gasteiger partial charge in [-0.1, -0.05) is 30.3 Å². The van der Waals surface area contributed by atoms with Crippen molar-refractivity contribution < 1.29 is 19.2 Å². The Labute approximate surface area is 197 Å². The van der Waals surface area contributed by atoms with Gasteiger partial charge in [0.2, 0.25) is 5.90 Å². The molecule has 0 N–H and O–H groups in total. The molecule has 0 unspecified atom stereocenters. The number of carbonyl (C=O) groups excluding carboxylic acids is 1. The second kappa shape index (κ2) is 9.31. The topological polar surface area (TPSA) is 91.0 Å². The summed E-state index contributed by atoms with van der Waals surface area (Å²) in [5.41, 5.74) is 2.78. The highest BCUT2D eigenvalue weighted by atomic mass is 127. The van der Waals surface area contributed by atoms with E-state index in [-0.39, 0.29) is 17.3 Å². The molecule has 4 rings (SSSR count). The molecule has 0 aliphatic carbocycles. The van der Waals surface area contributed by atoms with E-state index in [0.29, 0.717) is 23.5 Å². The lowest BCUT2D eigenvalue weighted by molar-refractivity contribution is -0.385. The van der Waals surface area contributed by atoms with Crippen molar-refractivity contribution in [2.75, 3.05) is 0 Å². The molecule has 0 atom stereocenters. The third kappa shape index (κ3) is 5.02. The number of rotatable bonds is 6. The van der Waals surface area contributed by atoms with Crippen LogP contribution in [-0.4, -0.2) is 16.8 Å². The molecule has 0 saturated carbocycles. The zero-order valence-electron chi connectivity index (χ0n) is 16.9. The average Bonchev–Trinajstić information content (AvgIpc) is 3.13. The van der Waals surface area contributed by atoms with Gasteiger partial charge in [-0.25, -0.2) is 9.79 Å². The van der Waals surface area contributed by atoms with Crippen LogP contribution in [0, 0.1) is 20.6 Å². The van der Waals surface area contributed by atoms with Gasteiger partial charge in [-0.2, -0.15) is 0 Å². The Hall–Kier alpha value is -3.53. The molecule has 0 saturated heterocycles. The summed E-state index contributed by atoms with van der Waals surface area (Å²) in [4.78, 5) is 27.1. The van der Waals surface area contributed by atoms with E-state index < -0.39 is 10.9 Å². The molecule has 160 valence electrons. The molecule has 1 heterocycles. The van der Waals surface area contributed by atoms with Crippen LogP contribution >= 0.6 is 22.6 Å². The van der Waals surface area contributed by atoms with Gasteiger partial charge < -0.3 is 9.47 Å². The van der Waals surface area contributed by atoms with Crippen molar-refractivity contribution in [3.8, 4) is 5.75 Å². The van der Waals surface area contributed by atoms with Crippen LogP contribution in [0.4, 0.5) is 5.69 Å². The second-order valence-electron chi connectivity index (χ2n) is 7.08. The molecule has 0 aromatic heterocycles. The predicted molar refractivity (Wildman–Crippen MR) is 128 cm³/mol. The van der Waals surface area contributed by atoms with Gasteiger partial charge in [0.05, 0.1) is 4.92 Å². The molecule has 32 heavy (non-hydrogen) atoms. The quantitative estimate of drug-likeness (QED) is 0.137. The first-order valence-electron chi connectivity index (χ1n) is 9.64. The number of hydrogen-bond acceptors (Lipinski definition) is 6. The van der Waals surface area contributed by atoms with E-state index in [1.807, 2.05) is 42.5 Å². The van der Waals surface area contributed by atoms with E-state index in [4.69, 9.17) is 9.47 Å². The van der Waals surface area contributed by atoms with Crippen LogP contribution in [-0.2, 0) is 16.1 Å². The number of hydrogen-bond donors (Lipinski definition) is 0. The molecule has 0 radical (unpaired) electrons. The number of halogens is 1. The van der Waals surface area contributed by atoms with Crippen LogP contribution in [0.5, 0.6) is 5.75 Å². The van der Waals surface area contributed by atoms with Gasteiger partial charge >= 0.3 is 5.97 Å². The molecule has 7 nitrogen and oxygen atoms in total. The van der Waals surface area contributed by atoms with Crippen molar-refractivity contribution >= 4 is 46.2 Å². The normalized spacial score (nSPS) is 14.2. The van der Waals surface area contributed by atoms with Gasteiger partial charge in [0.1, 0.15) is 12.4 Å². The van der Waals surface area contributed by atoms with Gasteiger partial charge in [-0.15, -0.1) is 0 Å². The lowest BCUT2D eigenvalue weighted by Gasteiger charge is -2.07. The standard InChI is InChI=1S/C24H17IN2O5/c1-15-5-8-18(13-22(15)27(29)30)23-26-21(24(28)32-23)12-16-6-9-20(10-7-16)31-14-17-3-2-4-19(25)11-17/h2-13H,14H2,1H3/b21-12-. The number of nitrogens with zero attached hydrogens (tertiary/aromatic N) is 2. The fraction of sp³-hybridized carbons (Fsp3) is 0.0833. The third-order valence-electron chi connectivity index (χ3n) is 4.75. The smallest absolute Gasteiger partial charge is 0.363 e. The van der Waals surface area contributed by atoms with Crippen molar-refractivity contribution in [2.24, 2.45) is 4.99 Å². The summed E-state index contributed by atoms with van der Waals surface area (Å²) in [6.07, 6.45) is 1.60.